The van der Waals surface area contributed by atoms with E-state index < -0.39 is 17.8 Å². The fraction of sp³-hybridized carbons (Fsp3) is 0.185. The van der Waals surface area contributed by atoms with E-state index in [2.05, 4.69) is 22.8 Å². The standard InChI is InChI=1S/C27H25Cl2N3O6/c1-3-4-14-37-19-11-9-18(10-12-19)27(35)38-22-13-8-17(15-23(22)36-2)16-30-32-26(34)25(33)31-21-7-5-6-20(28)24(21)29/h5-13,15-16H,3-4,14H2,1-2H3,(H,31,33)(H,32,34)/b30-16-. The number of hydrogen-bond donors (Lipinski definition) is 2. The summed E-state index contributed by atoms with van der Waals surface area (Å²) < 4.78 is 16.4. The lowest BCUT2D eigenvalue weighted by molar-refractivity contribution is -0.136. The Hall–Kier alpha value is -4.08. The van der Waals surface area contributed by atoms with Gasteiger partial charge in [0.05, 0.1) is 41.2 Å². The maximum atomic E-state index is 12.6. The van der Waals surface area contributed by atoms with Gasteiger partial charge in [0.25, 0.3) is 0 Å². The van der Waals surface area contributed by atoms with Crippen LogP contribution in [0.4, 0.5) is 5.69 Å². The first-order chi connectivity index (χ1) is 18.3. The van der Waals surface area contributed by atoms with Crippen molar-refractivity contribution in [2.75, 3.05) is 19.0 Å². The summed E-state index contributed by atoms with van der Waals surface area (Å²) in [5, 5.41) is 6.47. The number of carbonyl (C=O) groups excluding carboxylic acids is 3. The number of hydrogen-bond acceptors (Lipinski definition) is 7. The molecule has 0 aliphatic heterocycles. The molecule has 0 unspecified atom stereocenters. The van der Waals surface area contributed by atoms with Crippen LogP contribution in [-0.4, -0.2) is 37.7 Å². The first-order valence-electron chi connectivity index (χ1n) is 11.5. The van der Waals surface area contributed by atoms with Crippen LogP contribution in [0.1, 0.15) is 35.7 Å². The Balaban J connectivity index is 1.57. The second-order valence-electron chi connectivity index (χ2n) is 7.78. The van der Waals surface area contributed by atoms with Crippen molar-refractivity contribution in [1.82, 2.24) is 5.43 Å². The number of halogens is 2. The molecular formula is C27H25Cl2N3O6. The number of hydrazone groups is 1. The maximum Gasteiger partial charge on any atom is 0.343 e. The van der Waals surface area contributed by atoms with Crippen molar-refractivity contribution in [2.24, 2.45) is 5.10 Å². The monoisotopic (exact) mass is 557 g/mol. The molecule has 38 heavy (non-hydrogen) atoms. The third-order valence-corrected chi connectivity index (χ3v) is 5.85. The first-order valence-corrected chi connectivity index (χ1v) is 12.3. The number of rotatable bonds is 10. The van der Waals surface area contributed by atoms with Crippen LogP contribution in [0.15, 0.2) is 65.8 Å². The number of nitrogens with zero attached hydrogens (tertiary/aromatic N) is 1. The van der Waals surface area contributed by atoms with Crippen LogP contribution >= 0.6 is 23.2 Å². The molecule has 3 rings (SSSR count). The lowest BCUT2D eigenvalue weighted by Crippen LogP contribution is -2.32. The van der Waals surface area contributed by atoms with Gasteiger partial charge in [-0.25, -0.2) is 10.2 Å². The molecule has 0 atom stereocenters. The van der Waals surface area contributed by atoms with Gasteiger partial charge < -0.3 is 19.5 Å². The van der Waals surface area contributed by atoms with Gasteiger partial charge in [-0.15, -0.1) is 0 Å². The van der Waals surface area contributed by atoms with Crippen molar-refractivity contribution < 1.29 is 28.6 Å². The zero-order valence-corrected chi connectivity index (χ0v) is 22.1. The molecule has 0 aliphatic carbocycles. The summed E-state index contributed by atoms with van der Waals surface area (Å²) in [6, 6.07) is 16.0. The number of methoxy groups -OCH3 is 1. The number of carbonyl (C=O) groups is 3. The zero-order chi connectivity index (χ0) is 27.5. The van der Waals surface area contributed by atoms with Gasteiger partial charge in [0, 0.05) is 0 Å². The summed E-state index contributed by atoms with van der Waals surface area (Å²) in [4.78, 5) is 36.7. The van der Waals surface area contributed by atoms with Crippen LogP contribution in [0.3, 0.4) is 0 Å². The number of anilines is 1. The van der Waals surface area contributed by atoms with E-state index in [0.717, 1.165) is 12.8 Å². The minimum atomic E-state index is -1.02. The molecule has 198 valence electrons. The SMILES string of the molecule is CCCCOc1ccc(C(=O)Oc2ccc(/C=N\NC(=O)C(=O)Nc3cccc(Cl)c3Cl)cc2OC)cc1. The summed E-state index contributed by atoms with van der Waals surface area (Å²) >= 11 is 11.9. The van der Waals surface area contributed by atoms with Gasteiger partial charge in [0.2, 0.25) is 0 Å². The number of unbranched alkanes of at least 4 members (excludes halogenated alkanes) is 1. The second kappa shape index (κ2) is 14.0. The van der Waals surface area contributed by atoms with E-state index >= 15 is 0 Å². The van der Waals surface area contributed by atoms with Crippen molar-refractivity contribution in [3.8, 4) is 17.2 Å². The summed E-state index contributed by atoms with van der Waals surface area (Å²) in [5.41, 5.74) is 3.16. The third kappa shape index (κ3) is 7.96. The van der Waals surface area contributed by atoms with Crippen molar-refractivity contribution >= 4 is 52.9 Å². The minimum absolute atomic E-state index is 0.111. The van der Waals surface area contributed by atoms with Crippen molar-refractivity contribution in [2.45, 2.75) is 19.8 Å². The number of amides is 2. The van der Waals surface area contributed by atoms with E-state index in [0.29, 0.717) is 23.5 Å². The molecule has 0 aliphatic rings. The highest BCUT2D eigenvalue weighted by molar-refractivity contribution is 6.45. The highest BCUT2D eigenvalue weighted by atomic mass is 35.5. The summed E-state index contributed by atoms with van der Waals surface area (Å²) in [6.07, 6.45) is 3.28. The van der Waals surface area contributed by atoms with Crippen molar-refractivity contribution in [3.63, 3.8) is 0 Å². The fourth-order valence-electron chi connectivity index (χ4n) is 3.02. The quantitative estimate of drug-likeness (QED) is 0.0850. The molecule has 3 aromatic rings. The molecule has 2 N–H and O–H groups in total. The topological polar surface area (TPSA) is 115 Å². The molecule has 9 nitrogen and oxygen atoms in total. The molecule has 0 bridgehead atoms. The van der Waals surface area contributed by atoms with Crippen LogP contribution < -0.4 is 25.0 Å². The minimum Gasteiger partial charge on any atom is -0.494 e. The number of ether oxygens (including phenoxy) is 3. The second-order valence-corrected chi connectivity index (χ2v) is 8.57. The van der Waals surface area contributed by atoms with Gasteiger partial charge in [-0.1, -0.05) is 42.6 Å². The van der Waals surface area contributed by atoms with Gasteiger partial charge in [0.15, 0.2) is 11.5 Å². The summed E-state index contributed by atoms with van der Waals surface area (Å²) in [7, 11) is 1.42. The molecule has 2 amide bonds. The van der Waals surface area contributed by atoms with E-state index in [9.17, 15) is 14.4 Å². The summed E-state index contributed by atoms with van der Waals surface area (Å²) in [5.74, 6) is -1.43. The Morgan fingerprint density at radius 2 is 1.74 bits per heavy atom. The Bertz CT molecular complexity index is 1330. The largest absolute Gasteiger partial charge is 0.494 e. The molecule has 11 heteroatoms. The van der Waals surface area contributed by atoms with E-state index in [4.69, 9.17) is 37.4 Å². The molecule has 0 spiro atoms. The third-order valence-electron chi connectivity index (χ3n) is 5.03. The molecule has 0 radical (unpaired) electrons. The predicted molar refractivity (Wildman–Crippen MR) is 146 cm³/mol. The molecular weight excluding hydrogens is 533 g/mol. The van der Waals surface area contributed by atoms with Gasteiger partial charge >= 0.3 is 17.8 Å². The van der Waals surface area contributed by atoms with Gasteiger partial charge in [-0.2, -0.15) is 5.10 Å². The zero-order valence-electron chi connectivity index (χ0n) is 20.6. The highest BCUT2D eigenvalue weighted by Gasteiger charge is 2.16. The van der Waals surface area contributed by atoms with Crippen molar-refractivity contribution in [1.29, 1.82) is 0 Å². The highest BCUT2D eigenvalue weighted by Crippen LogP contribution is 2.30. The Morgan fingerprint density at radius 1 is 0.974 bits per heavy atom. The predicted octanol–water partition coefficient (Wildman–Crippen LogP) is 5.49. The molecule has 3 aromatic carbocycles. The van der Waals surface area contributed by atoms with E-state index in [1.54, 1.807) is 48.5 Å². The Kier molecular flexibility index (Phi) is 10.5. The van der Waals surface area contributed by atoms with Crippen LogP contribution in [0.5, 0.6) is 17.2 Å². The molecule has 0 heterocycles. The van der Waals surface area contributed by atoms with Crippen molar-refractivity contribution in [3.05, 3.63) is 81.8 Å². The number of esters is 1. The summed E-state index contributed by atoms with van der Waals surface area (Å²) in [6.45, 7) is 2.69. The van der Waals surface area contributed by atoms with E-state index in [1.807, 2.05) is 0 Å². The lowest BCUT2D eigenvalue weighted by Gasteiger charge is -2.10. The van der Waals surface area contributed by atoms with Gasteiger partial charge in [0.1, 0.15) is 5.75 Å². The maximum absolute atomic E-state index is 12.6. The van der Waals surface area contributed by atoms with Crippen LogP contribution in [0.25, 0.3) is 0 Å². The normalized spacial score (nSPS) is 10.6. The number of nitrogens with one attached hydrogen (secondary N) is 2. The molecule has 0 fully saturated rings. The molecule has 0 saturated heterocycles. The van der Waals surface area contributed by atoms with Gasteiger partial charge in [-0.3, -0.25) is 9.59 Å². The lowest BCUT2D eigenvalue weighted by atomic mass is 10.2. The fourth-order valence-corrected chi connectivity index (χ4v) is 3.37. The van der Waals surface area contributed by atoms with E-state index in [1.165, 1.54) is 25.5 Å². The average Bonchev–Trinajstić information content (AvgIpc) is 2.92. The number of benzene rings is 3. The van der Waals surface area contributed by atoms with Gasteiger partial charge in [-0.05, 0) is 66.6 Å². The average molecular weight is 558 g/mol. The smallest absolute Gasteiger partial charge is 0.343 e. The van der Waals surface area contributed by atoms with E-state index in [-0.39, 0.29) is 27.2 Å². The molecule has 0 aromatic heterocycles. The van der Waals surface area contributed by atoms with Crippen LogP contribution in [-0.2, 0) is 9.59 Å². The molecule has 0 saturated carbocycles. The Labute approximate surface area is 229 Å². The van der Waals surface area contributed by atoms with Crippen LogP contribution in [0.2, 0.25) is 10.0 Å². The Morgan fingerprint density at radius 3 is 2.45 bits per heavy atom. The van der Waals surface area contributed by atoms with Crippen LogP contribution in [0, 0.1) is 0 Å². The first kappa shape index (κ1) is 28.5.